The number of carbonyl (C=O) groups is 1. The van der Waals surface area contributed by atoms with Crippen LogP contribution in [0.4, 0.5) is 0 Å². The van der Waals surface area contributed by atoms with Crippen molar-refractivity contribution < 1.29 is 9.53 Å². The van der Waals surface area contributed by atoms with Crippen LogP contribution < -0.4 is 4.74 Å². The van der Waals surface area contributed by atoms with Gasteiger partial charge in [0.1, 0.15) is 5.75 Å². The highest BCUT2D eigenvalue weighted by Gasteiger charge is 2.20. The molecule has 1 atom stereocenters. The fraction of sp³-hybridized carbons (Fsp3) is 0.500. The molecule has 0 spiro atoms. The summed E-state index contributed by atoms with van der Waals surface area (Å²) in [6.07, 6.45) is 1.03. The summed E-state index contributed by atoms with van der Waals surface area (Å²) in [6.45, 7) is 12.5. The lowest BCUT2D eigenvalue weighted by Gasteiger charge is -2.14. The maximum Gasteiger partial charge on any atom is 0.284 e. The molecule has 0 N–H and O–H groups in total. The topological polar surface area (TPSA) is 44.1 Å². The van der Waals surface area contributed by atoms with Gasteiger partial charge in [-0.25, -0.2) is 4.68 Å². The standard InChI is InChI=1S/C20H28N2O2/c1-7-14(4)20-15(5)21-22(16(20)6)19(23)12-24-18-11-9-8-10-17(18)13(2)3/h8-11,13-14H,7,12H2,1-6H3. The zero-order chi connectivity index (χ0) is 17.9. The van der Waals surface area contributed by atoms with E-state index in [-0.39, 0.29) is 12.5 Å². The van der Waals surface area contributed by atoms with Crippen molar-refractivity contribution in [3.8, 4) is 5.75 Å². The molecule has 130 valence electrons. The van der Waals surface area contributed by atoms with Gasteiger partial charge >= 0.3 is 0 Å². The van der Waals surface area contributed by atoms with Crippen molar-refractivity contribution in [2.45, 2.75) is 59.8 Å². The second-order valence-corrected chi connectivity index (χ2v) is 6.68. The number of rotatable bonds is 6. The number of aryl methyl sites for hydroxylation is 1. The predicted octanol–water partition coefficient (Wildman–Crippen LogP) is 4.86. The van der Waals surface area contributed by atoms with Gasteiger partial charge in [-0.05, 0) is 49.3 Å². The van der Waals surface area contributed by atoms with Gasteiger partial charge in [0.25, 0.3) is 5.91 Å². The van der Waals surface area contributed by atoms with E-state index in [9.17, 15) is 4.79 Å². The van der Waals surface area contributed by atoms with Crippen LogP contribution in [0.3, 0.4) is 0 Å². The second kappa shape index (κ2) is 7.65. The van der Waals surface area contributed by atoms with Gasteiger partial charge in [0, 0.05) is 5.69 Å². The maximum absolute atomic E-state index is 12.6. The molecule has 0 saturated carbocycles. The minimum atomic E-state index is -0.135. The van der Waals surface area contributed by atoms with Crippen LogP contribution in [0, 0.1) is 13.8 Å². The summed E-state index contributed by atoms with van der Waals surface area (Å²) in [4.78, 5) is 12.6. The van der Waals surface area contributed by atoms with Gasteiger partial charge < -0.3 is 4.74 Å². The second-order valence-electron chi connectivity index (χ2n) is 6.68. The number of aromatic nitrogens is 2. The molecule has 0 radical (unpaired) electrons. The molecule has 4 nitrogen and oxygen atoms in total. The summed E-state index contributed by atoms with van der Waals surface area (Å²) in [5, 5.41) is 4.44. The molecule has 1 aromatic heterocycles. The van der Waals surface area contributed by atoms with E-state index in [1.807, 2.05) is 38.1 Å². The van der Waals surface area contributed by atoms with Crippen molar-refractivity contribution in [2.24, 2.45) is 0 Å². The molecule has 1 unspecified atom stereocenters. The smallest absolute Gasteiger partial charge is 0.284 e. The Morgan fingerprint density at radius 2 is 1.88 bits per heavy atom. The summed E-state index contributed by atoms with van der Waals surface area (Å²) in [5.74, 6) is 1.38. The third-order valence-corrected chi connectivity index (χ3v) is 4.58. The summed E-state index contributed by atoms with van der Waals surface area (Å²) >= 11 is 0. The molecule has 2 rings (SSSR count). The van der Waals surface area contributed by atoms with Crippen molar-refractivity contribution in [1.82, 2.24) is 9.78 Å². The van der Waals surface area contributed by atoms with Crippen LogP contribution in [0.2, 0.25) is 0 Å². The van der Waals surface area contributed by atoms with Gasteiger partial charge in [0.2, 0.25) is 0 Å². The van der Waals surface area contributed by atoms with Crippen LogP contribution in [0.5, 0.6) is 5.75 Å². The Morgan fingerprint density at radius 3 is 2.50 bits per heavy atom. The van der Waals surface area contributed by atoms with Crippen LogP contribution in [0.25, 0.3) is 0 Å². The number of nitrogens with zero attached hydrogens (tertiary/aromatic N) is 2. The van der Waals surface area contributed by atoms with Gasteiger partial charge in [0.15, 0.2) is 6.61 Å². The molecule has 0 aliphatic heterocycles. The molecule has 4 heteroatoms. The van der Waals surface area contributed by atoms with Crippen molar-refractivity contribution in [3.63, 3.8) is 0 Å². The van der Waals surface area contributed by atoms with Crippen molar-refractivity contribution >= 4 is 5.91 Å². The molecule has 24 heavy (non-hydrogen) atoms. The Morgan fingerprint density at radius 1 is 1.21 bits per heavy atom. The minimum absolute atomic E-state index is 0.00829. The molecule has 0 aliphatic carbocycles. The molecule has 2 aromatic rings. The van der Waals surface area contributed by atoms with Crippen LogP contribution >= 0.6 is 0 Å². The van der Waals surface area contributed by atoms with E-state index in [1.54, 1.807) is 0 Å². The SMILES string of the molecule is CCC(C)c1c(C)nn(C(=O)COc2ccccc2C(C)C)c1C. The average molecular weight is 328 g/mol. The summed E-state index contributed by atoms with van der Waals surface area (Å²) in [5.41, 5.74) is 4.14. The van der Waals surface area contributed by atoms with E-state index in [4.69, 9.17) is 4.74 Å². The average Bonchev–Trinajstić information content (AvgIpc) is 2.86. The molecule has 1 aromatic carbocycles. The molecule has 0 aliphatic rings. The molecular weight excluding hydrogens is 300 g/mol. The van der Waals surface area contributed by atoms with Crippen LogP contribution in [0.15, 0.2) is 24.3 Å². The molecule has 1 heterocycles. The Labute approximate surface area is 144 Å². The number of para-hydroxylation sites is 1. The summed E-state index contributed by atoms with van der Waals surface area (Å²) in [6, 6.07) is 7.86. The third-order valence-electron chi connectivity index (χ3n) is 4.58. The quantitative estimate of drug-likeness (QED) is 0.761. The Kier molecular flexibility index (Phi) is 5.81. The summed E-state index contributed by atoms with van der Waals surface area (Å²) in [7, 11) is 0. The Bertz CT molecular complexity index is 716. The van der Waals surface area contributed by atoms with E-state index in [0.717, 1.165) is 29.1 Å². The summed E-state index contributed by atoms with van der Waals surface area (Å²) < 4.78 is 7.29. The highest BCUT2D eigenvalue weighted by molar-refractivity contribution is 5.80. The van der Waals surface area contributed by atoms with E-state index in [0.29, 0.717) is 11.8 Å². The first-order chi connectivity index (χ1) is 11.4. The Balaban J connectivity index is 2.17. The van der Waals surface area contributed by atoms with Gasteiger partial charge in [-0.3, -0.25) is 4.79 Å². The molecule has 0 saturated heterocycles. The first-order valence-corrected chi connectivity index (χ1v) is 8.67. The first-order valence-electron chi connectivity index (χ1n) is 8.67. The van der Waals surface area contributed by atoms with Crippen molar-refractivity contribution in [2.75, 3.05) is 6.61 Å². The number of carbonyl (C=O) groups excluding carboxylic acids is 1. The van der Waals surface area contributed by atoms with Crippen LogP contribution in [0.1, 0.15) is 73.3 Å². The van der Waals surface area contributed by atoms with Gasteiger partial charge in [0.05, 0.1) is 5.69 Å². The predicted molar refractivity (Wildman–Crippen MR) is 97.1 cm³/mol. The molecule has 0 bridgehead atoms. The monoisotopic (exact) mass is 328 g/mol. The third kappa shape index (κ3) is 3.69. The zero-order valence-electron chi connectivity index (χ0n) is 15.6. The lowest BCUT2D eigenvalue weighted by molar-refractivity contribution is 0.0817. The highest BCUT2D eigenvalue weighted by Crippen LogP contribution is 2.27. The zero-order valence-corrected chi connectivity index (χ0v) is 15.6. The first kappa shape index (κ1) is 18.2. The number of hydrogen-bond donors (Lipinski definition) is 0. The molecule has 0 amide bonds. The number of hydrogen-bond acceptors (Lipinski definition) is 3. The van der Waals surface area contributed by atoms with Gasteiger partial charge in [-0.1, -0.05) is 45.9 Å². The van der Waals surface area contributed by atoms with E-state index in [2.05, 4.69) is 32.8 Å². The van der Waals surface area contributed by atoms with Gasteiger partial charge in [-0.2, -0.15) is 5.10 Å². The van der Waals surface area contributed by atoms with Crippen LogP contribution in [-0.4, -0.2) is 22.3 Å². The van der Waals surface area contributed by atoms with Crippen LogP contribution in [-0.2, 0) is 0 Å². The highest BCUT2D eigenvalue weighted by atomic mass is 16.5. The van der Waals surface area contributed by atoms with E-state index >= 15 is 0 Å². The van der Waals surface area contributed by atoms with Crippen molar-refractivity contribution in [3.05, 3.63) is 46.8 Å². The minimum Gasteiger partial charge on any atom is -0.483 e. The lowest BCUT2D eigenvalue weighted by atomic mass is 9.97. The maximum atomic E-state index is 12.6. The fourth-order valence-electron chi connectivity index (χ4n) is 3.10. The van der Waals surface area contributed by atoms with E-state index in [1.165, 1.54) is 10.2 Å². The normalized spacial score (nSPS) is 12.5. The van der Waals surface area contributed by atoms with Gasteiger partial charge in [-0.15, -0.1) is 0 Å². The number of benzene rings is 1. The number of ether oxygens (including phenoxy) is 1. The van der Waals surface area contributed by atoms with Crippen molar-refractivity contribution in [1.29, 1.82) is 0 Å². The largest absolute Gasteiger partial charge is 0.483 e. The van der Waals surface area contributed by atoms with E-state index < -0.39 is 0 Å². The Hall–Kier alpha value is -2.10. The molecular formula is C20H28N2O2. The molecule has 0 fully saturated rings. The lowest BCUT2D eigenvalue weighted by Crippen LogP contribution is -2.22. The fourth-order valence-corrected chi connectivity index (χ4v) is 3.10.